The second-order valence-corrected chi connectivity index (χ2v) is 7.06. The first kappa shape index (κ1) is 16.8. The average molecular weight is 336 g/mol. The maximum atomic E-state index is 12.5. The molecule has 1 aromatic carbocycles. The van der Waals surface area contributed by atoms with Crippen LogP contribution in [-0.2, 0) is 21.0 Å². The molecule has 2 rings (SSSR count). The molecule has 0 saturated carbocycles. The number of amides is 1. The van der Waals surface area contributed by atoms with E-state index in [1.165, 1.54) is 0 Å². The predicted octanol–water partition coefficient (Wildman–Crippen LogP) is 1.59. The van der Waals surface area contributed by atoms with Gasteiger partial charge in [0.15, 0.2) is 0 Å². The maximum absolute atomic E-state index is 12.5. The molecule has 0 aliphatic carbocycles. The molecule has 0 bridgehead atoms. The molecule has 1 amide bonds. The fourth-order valence-corrected chi connectivity index (χ4v) is 3.88. The van der Waals surface area contributed by atoms with Crippen LogP contribution in [0.2, 0.25) is 0 Å². The summed E-state index contributed by atoms with van der Waals surface area (Å²) in [6.07, 6.45) is -3.54. The number of carbonyl (C=O) groups is 1. The van der Waals surface area contributed by atoms with Gasteiger partial charge in [0.1, 0.15) is 0 Å². The van der Waals surface area contributed by atoms with E-state index in [1.54, 1.807) is 0 Å². The van der Waals surface area contributed by atoms with Crippen LogP contribution in [0.4, 0.5) is 13.2 Å². The first-order valence-corrected chi connectivity index (χ1v) is 8.03. The molecular weight excluding hydrogens is 321 g/mol. The largest absolute Gasteiger partial charge is 0.416 e. The van der Waals surface area contributed by atoms with Crippen molar-refractivity contribution in [1.82, 2.24) is 4.31 Å². The third-order valence-corrected chi connectivity index (χ3v) is 5.49. The minimum Gasteiger partial charge on any atom is -0.369 e. The summed E-state index contributed by atoms with van der Waals surface area (Å²) in [4.78, 5) is 11.0. The lowest BCUT2D eigenvalue weighted by Crippen LogP contribution is -2.44. The van der Waals surface area contributed by atoms with Crippen LogP contribution in [0, 0.1) is 5.92 Å². The highest BCUT2D eigenvalue weighted by Gasteiger charge is 2.34. The van der Waals surface area contributed by atoms with Crippen molar-refractivity contribution in [1.29, 1.82) is 0 Å². The van der Waals surface area contributed by atoms with Crippen molar-refractivity contribution in [2.75, 3.05) is 13.1 Å². The minimum absolute atomic E-state index is 0.0430. The van der Waals surface area contributed by atoms with Crippen molar-refractivity contribution in [3.05, 3.63) is 29.8 Å². The fraction of sp³-hybridized carbons (Fsp3) is 0.462. The highest BCUT2D eigenvalue weighted by atomic mass is 32.2. The van der Waals surface area contributed by atoms with Crippen LogP contribution < -0.4 is 5.73 Å². The van der Waals surface area contributed by atoms with Crippen LogP contribution in [-0.4, -0.2) is 31.7 Å². The zero-order valence-electron chi connectivity index (χ0n) is 11.5. The van der Waals surface area contributed by atoms with Crippen molar-refractivity contribution in [2.24, 2.45) is 11.7 Å². The highest BCUT2D eigenvalue weighted by molar-refractivity contribution is 7.89. The predicted molar refractivity (Wildman–Crippen MR) is 72.1 cm³/mol. The quantitative estimate of drug-likeness (QED) is 0.910. The van der Waals surface area contributed by atoms with Crippen LogP contribution in [0.1, 0.15) is 18.4 Å². The van der Waals surface area contributed by atoms with Gasteiger partial charge >= 0.3 is 6.18 Å². The van der Waals surface area contributed by atoms with Crippen LogP contribution in [0.3, 0.4) is 0 Å². The van der Waals surface area contributed by atoms with E-state index in [1.807, 2.05) is 0 Å². The van der Waals surface area contributed by atoms with E-state index in [4.69, 9.17) is 5.73 Å². The van der Waals surface area contributed by atoms with Gasteiger partial charge in [0.25, 0.3) is 0 Å². The number of hydrogen-bond donors (Lipinski definition) is 1. The van der Waals surface area contributed by atoms with Crippen molar-refractivity contribution in [2.45, 2.75) is 23.9 Å². The molecule has 0 spiro atoms. The molecule has 1 atom stereocenters. The Morgan fingerprint density at radius 2 is 1.82 bits per heavy atom. The number of sulfonamides is 1. The van der Waals surface area contributed by atoms with Gasteiger partial charge in [0.2, 0.25) is 15.9 Å². The van der Waals surface area contributed by atoms with Crippen LogP contribution in [0.25, 0.3) is 0 Å². The van der Waals surface area contributed by atoms with E-state index >= 15 is 0 Å². The molecule has 1 saturated heterocycles. The Morgan fingerprint density at radius 1 is 1.23 bits per heavy atom. The second kappa shape index (κ2) is 5.88. The molecular formula is C13H15F3N2O3S. The van der Waals surface area contributed by atoms with Crippen molar-refractivity contribution >= 4 is 15.9 Å². The molecule has 0 radical (unpaired) electrons. The number of rotatable bonds is 3. The van der Waals surface area contributed by atoms with Gasteiger partial charge in [-0.1, -0.05) is 0 Å². The first-order valence-electron chi connectivity index (χ1n) is 6.59. The molecule has 22 heavy (non-hydrogen) atoms. The number of piperidine rings is 1. The van der Waals surface area contributed by atoms with Gasteiger partial charge in [-0.2, -0.15) is 17.5 Å². The number of carbonyl (C=O) groups excluding carboxylic acids is 1. The Kier molecular flexibility index (Phi) is 4.48. The van der Waals surface area contributed by atoms with Gasteiger partial charge < -0.3 is 5.73 Å². The minimum atomic E-state index is -4.52. The summed E-state index contributed by atoms with van der Waals surface area (Å²) in [6.45, 7) is 0.172. The van der Waals surface area contributed by atoms with Crippen LogP contribution in [0.5, 0.6) is 0 Å². The molecule has 0 aromatic heterocycles. The number of nitrogens with two attached hydrogens (primary N) is 1. The van der Waals surface area contributed by atoms with E-state index in [9.17, 15) is 26.4 Å². The molecule has 2 N–H and O–H groups in total. The van der Waals surface area contributed by atoms with E-state index in [-0.39, 0.29) is 18.0 Å². The molecule has 1 unspecified atom stereocenters. The van der Waals surface area contributed by atoms with E-state index in [2.05, 4.69) is 0 Å². The average Bonchev–Trinajstić information content (AvgIpc) is 2.46. The summed E-state index contributed by atoms with van der Waals surface area (Å²) >= 11 is 0. The van der Waals surface area contributed by atoms with Crippen LogP contribution >= 0.6 is 0 Å². The van der Waals surface area contributed by atoms with Gasteiger partial charge in [-0.3, -0.25) is 4.79 Å². The lowest BCUT2D eigenvalue weighted by molar-refractivity contribution is -0.137. The smallest absolute Gasteiger partial charge is 0.369 e. The zero-order valence-corrected chi connectivity index (χ0v) is 12.3. The molecule has 1 heterocycles. The number of alkyl halides is 3. The number of nitrogens with zero attached hydrogens (tertiary/aromatic N) is 1. The molecule has 1 aliphatic heterocycles. The Morgan fingerprint density at radius 3 is 2.32 bits per heavy atom. The Labute approximate surface area is 125 Å². The Balaban J connectivity index is 2.25. The number of halogens is 3. The summed E-state index contributed by atoms with van der Waals surface area (Å²) in [5.74, 6) is -1.15. The van der Waals surface area contributed by atoms with Gasteiger partial charge in [0, 0.05) is 13.1 Å². The monoisotopic (exact) mass is 336 g/mol. The van der Waals surface area contributed by atoms with Gasteiger partial charge in [-0.15, -0.1) is 0 Å². The second-order valence-electron chi connectivity index (χ2n) is 5.13. The highest BCUT2D eigenvalue weighted by Crippen LogP contribution is 2.30. The summed E-state index contributed by atoms with van der Waals surface area (Å²) in [5.41, 5.74) is 4.28. The zero-order chi connectivity index (χ0) is 16.5. The van der Waals surface area contributed by atoms with E-state index in [0.717, 1.165) is 28.6 Å². The molecule has 1 fully saturated rings. The molecule has 9 heteroatoms. The van der Waals surface area contributed by atoms with E-state index < -0.39 is 33.6 Å². The molecule has 1 aromatic rings. The maximum Gasteiger partial charge on any atom is 0.416 e. The van der Waals surface area contributed by atoms with Gasteiger partial charge in [-0.25, -0.2) is 8.42 Å². The fourth-order valence-electron chi connectivity index (χ4n) is 2.36. The van der Waals surface area contributed by atoms with Crippen molar-refractivity contribution in [3.8, 4) is 0 Å². The normalized spacial score (nSPS) is 20.8. The lowest BCUT2D eigenvalue weighted by Gasteiger charge is -2.30. The summed E-state index contributed by atoms with van der Waals surface area (Å²) in [7, 11) is -3.93. The third-order valence-electron chi connectivity index (χ3n) is 3.61. The molecule has 1 aliphatic rings. The first-order chi connectivity index (χ1) is 10.1. The van der Waals surface area contributed by atoms with Crippen LogP contribution in [0.15, 0.2) is 29.2 Å². The van der Waals surface area contributed by atoms with Gasteiger partial charge in [-0.05, 0) is 37.1 Å². The molecule has 5 nitrogen and oxygen atoms in total. The summed E-state index contributed by atoms with van der Waals surface area (Å²) in [6, 6.07) is 3.29. The summed E-state index contributed by atoms with van der Waals surface area (Å²) in [5, 5.41) is 0. The number of primary amides is 1. The summed E-state index contributed by atoms with van der Waals surface area (Å²) < 4.78 is 63.4. The van der Waals surface area contributed by atoms with Gasteiger partial charge in [0.05, 0.1) is 16.4 Å². The SMILES string of the molecule is NC(=O)C1CCCN(S(=O)(=O)c2ccc(C(F)(F)F)cc2)C1. The Bertz CT molecular complexity index is 656. The third kappa shape index (κ3) is 3.41. The standard InChI is InChI=1S/C13H15F3N2O3S/c14-13(15,16)10-3-5-11(6-4-10)22(20,21)18-7-1-2-9(8-18)12(17)19/h3-6,9H,1-2,7-8H2,(H2,17,19). The number of benzene rings is 1. The van der Waals surface area contributed by atoms with Crippen molar-refractivity contribution < 1.29 is 26.4 Å². The lowest BCUT2D eigenvalue weighted by atomic mass is 9.99. The Hall–Kier alpha value is -1.61. The van der Waals surface area contributed by atoms with Crippen molar-refractivity contribution in [3.63, 3.8) is 0 Å². The number of hydrogen-bond acceptors (Lipinski definition) is 3. The molecule has 122 valence electrons. The topological polar surface area (TPSA) is 80.5 Å². The van der Waals surface area contributed by atoms with E-state index in [0.29, 0.717) is 12.8 Å².